The molecule has 0 aliphatic carbocycles. The first-order valence-electron chi connectivity index (χ1n) is 7.08. The van der Waals surface area contributed by atoms with Crippen LogP contribution in [0.4, 0.5) is 0 Å². The third-order valence-electron chi connectivity index (χ3n) is 4.13. The molecule has 17 heavy (non-hydrogen) atoms. The first-order chi connectivity index (χ1) is 8.38. The topological polar surface area (TPSA) is 23.1 Å². The van der Waals surface area contributed by atoms with Gasteiger partial charge in [0.05, 0.1) is 0 Å². The van der Waals surface area contributed by atoms with Crippen LogP contribution in [0.25, 0.3) is 0 Å². The summed E-state index contributed by atoms with van der Waals surface area (Å²) in [5.74, 6) is 0.994. The number of piperidine rings is 1. The number of quaternary nitrogens is 1. The molecule has 0 aromatic rings. The number of hydrogen-bond donors (Lipinski definition) is 1. The normalized spacial score (nSPS) is 25.5. The first-order valence-corrected chi connectivity index (χ1v) is 10.8. The van der Waals surface area contributed by atoms with Gasteiger partial charge in [-0.3, -0.25) is 0 Å². The fourth-order valence-corrected chi connectivity index (χ4v) is 4.11. The summed E-state index contributed by atoms with van der Waals surface area (Å²) in [7, 11) is 0. The number of piperazine rings is 1. The van der Waals surface area contributed by atoms with Crippen molar-refractivity contribution in [1.29, 1.82) is 0 Å². The monoisotopic (exact) mass is 353 g/mol. The van der Waals surface area contributed by atoms with Crippen molar-refractivity contribution in [3.63, 3.8) is 0 Å². The Morgan fingerprint density at radius 2 is 1.71 bits per heavy atom. The molecule has 0 radical (unpaired) electrons. The van der Waals surface area contributed by atoms with E-state index >= 15 is 0 Å². The van der Waals surface area contributed by atoms with Crippen LogP contribution >= 0.6 is 0 Å². The van der Waals surface area contributed by atoms with E-state index in [1.807, 2.05) is 0 Å². The molecule has 0 bridgehead atoms. The fourth-order valence-electron chi connectivity index (χ4n) is 2.94. The molecule has 102 valence electrons. The number of halogens is 1. The quantitative estimate of drug-likeness (QED) is 0.406. The van der Waals surface area contributed by atoms with Crippen LogP contribution in [0.15, 0.2) is 0 Å². The zero-order chi connectivity index (χ0) is 11.9. The molecule has 0 atom stereocenters. The number of alkyl halides is 2. The van der Waals surface area contributed by atoms with E-state index in [9.17, 15) is 0 Å². The van der Waals surface area contributed by atoms with Crippen LogP contribution in [-0.4, -0.2) is 71.5 Å². The van der Waals surface area contributed by atoms with Crippen molar-refractivity contribution in [1.82, 2.24) is 9.80 Å². The summed E-state index contributed by atoms with van der Waals surface area (Å²) in [5.41, 5.74) is 0. The molecular weight excluding hydrogens is 325 g/mol. The van der Waals surface area contributed by atoms with Crippen LogP contribution in [0.2, 0.25) is 0 Å². The molecule has 2 N–H and O–H groups in total. The van der Waals surface area contributed by atoms with Gasteiger partial charge in [0.15, 0.2) is 0 Å². The van der Waals surface area contributed by atoms with Crippen molar-refractivity contribution in [2.24, 2.45) is 5.92 Å². The Bertz CT molecular complexity index is 199. The van der Waals surface area contributed by atoms with E-state index < -0.39 is 0 Å². The predicted octanol–water partition coefficient (Wildman–Crippen LogP) is -3.70. The Kier molecular flexibility index (Phi) is 6.53. The average Bonchev–Trinajstić information content (AvgIpc) is 2.39. The molecule has 0 unspecified atom stereocenters. The van der Waals surface area contributed by atoms with Crippen LogP contribution in [0, 0.1) is 5.92 Å². The van der Waals surface area contributed by atoms with Gasteiger partial charge in [-0.05, 0) is 0 Å². The summed E-state index contributed by atoms with van der Waals surface area (Å²) in [6.07, 6.45) is 2.89. The summed E-state index contributed by atoms with van der Waals surface area (Å²) in [6.45, 7) is 10.8. The first kappa shape index (κ1) is 14.0. The van der Waals surface area contributed by atoms with Gasteiger partial charge in [0.2, 0.25) is 0 Å². The molecule has 0 aromatic heterocycles. The predicted molar refractivity (Wildman–Crippen MR) is 68.1 cm³/mol. The van der Waals surface area contributed by atoms with Crippen molar-refractivity contribution in [2.75, 3.05) is 61.7 Å². The Balaban J connectivity index is 1.61. The zero-order valence-electron chi connectivity index (χ0n) is 11.2. The van der Waals surface area contributed by atoms with Gasteiger partial charge in [0, 0.05) is 0 Å². The second kappa shape index (κ2) is 7.92. The molecule has 2 aliphatic heterocycles. The van der Waals surface area contributed by atoms with Gasteiger partial charge in [-0.25, -0.2) is 0 Å². The Labute approximate surface area is 117 Å². The van der Waals surface area contributed by atoms with Gasteiger partial charge in [-0.15, -0.1) is 0 Å². The van der Waals surface area contributed by atoms with Crippen molar-refractivity contribution in [3.8, 4) is 0 Å². The minimum atomic E-state index is 0.496. The Morgan fingerprint density at radius 1 is 1.06 bits per heavy atom. The van der Waals surface area contributed by atoms with Gasteiger partial charge in [0.1, 0.15) is 0 Å². The van der Waals surface area contributed by atoms with Crippen LogP contribution in [0.5, 0.6) is 0 Å². The average molecular weight is 353 g/mol. The molecule has 2 rings (SSSR count). The summed E-state index contributed by atoms with van der Waals surface area (Å²) in [4.78, 5) is 7.79. The van der Waals surface area contributed by atoms with Gasteiger partial charge >= 0.3 is 117 Å². The molecule has 4 heteroatoms. The number of nitrogens with two attached hydrogens (primary N) is 1. The van der Waals surface area contributed by atoms with E-state index in [0.29, 0.717) is 21.2 Å². The molecule has 0 saturated carbocycles. The molecule has 2 aliphatic rings. The molecule has 0 amide bonds. The summed E-state index contributed by atoms with van der Waals surface area (Å²) in [6, 6.07) is 0. The van der Waals surface area contributed by atoms with Crippen LogP contribution in [-0.2, 0) is 0 Å². The van der Waals surface area contributed by atoms with E-state index in [0.717, 1.165) is 5.92 Å². The minimum absolute atomic E-state index is 0.496. The Hall–Kier alpha value is 0.610. The van der Waals surface area contributed by atoms with E-state index in [-0.39, 0.29) is 0 Å². The number of nitrogens with zero attached hydrogens (tertiary/aromatic N) is 2. The third kappa shape index (κ3) is 5.01. The van der Waals surface area contributed by atoms with E-state index in [1.54, 1.807) is 0 Å². The van der Waals surface area contributed by atoms with Crippen LogP contribution in [0.1, 0.15) is 12.8 Å². The van der Waals surface area contributed by atoms with E-state index in [1.165, 1.54) is 69.6 Å². The maximum absolute atomic E-state index is 2.72. The van der Waals surface area contributed by atoms with Crippen molar-refractivity contribution in [3.05, 3.63) is 0 Å². The van der Waals surface area contributed by atoms with Gasteiger partial charge < -0.3 is 0 Å². The van der Waals surface area contributed by atoms with Crippen molar-refractivity contribution < 1.29 is 26.5 Å². The number of hydrogen-bond acceptors (Lipinski definition) is 2. The summed E-state index contributed by atoms with van der Waals surface area (Å²) < 4.78 is 1.48. The van der Waals surface area contributed by atoms with Crippen molar-refractivity contribution >= 4 is 0 Å². The molecule has 2 saturated heterocycles. The molecule has 2 heterocycles. The standard InChI is InChI=1S/C13H27IN3/c1-14-4-7-16-8-10-17(11-9-16)12-13-2-5-15-6-3-13/h13,15H,2-12H2,1H3/q-1/p+1. The summed E-state index contributed by atoms with van der Waals surface area (Å²) in [5, 5.41) is 2.47. The molecule has 3 nitrogen and oxygen atoms in total. The molecule has 0 spiro atoms. The Morgan fingerprint density at radius 3 is 2.35 bits per heavy atom. The van der Waals surface area contributed by atoms with Crippen LogP contribution < -0.4 is 26.5 Å². The van der Waals surface area contributed by atoms with E-state index in [2.05, 4.69) is 20.0 Å². The fraction of sp³-hybridized carbons (Fsp3) is 1.00. The second-order valence-corrected chi connectivity index (χ2v) is 8.01. The molecule has 0 aromatic carbocycles. The van der Waals surface area contributed by atoms with Crippen molar-refractivity contribution in [2.45, 2.75) is 12.8 Å². The van der Waals surface area contributed by atoms with Gasteiger partial charge in [0.25, 0.3) is 0 Å². The number of rotatable bonds is 5. The zero-order valence-corrected chi connectivity index (χ0v) is 13.4. The molecule has 2 fully saturated rings. The van der Waals surface area contributed by atoms with Gasteiger partial charge in [-0.2, -0.15) is 0 Å². The van der Waals surface area contributed by atoms with Gasteiger partial charge in [-0.1, -0.05) is 0 Å². The van der Waals surface area contributed by atoms with Crippen LogP contribution in [0.3, 0.4) is 0 Å². The second-order valence-electron chi connectivity index (χ2n) is 5.41. The third-order valence-corrected chi connectivity index (χ3v) is 5.69. The van der Waals surface area contributed by atoms with E-state index in [4.69, 9.17) is 0 Å². The maximum atomic E-state index is 2.72. The molecular formula is C13H28IN3. The SMILES string of the molecule is C[I-]CCN1CCN(CC2CC[NH2+]CC2)CC1. The summed E-state index contributed by atoms with van der Waals surface area (Å²) >= 11 is 0.496.